The number of thiazole rings is 1. The zero-order valence-corrected chi connectivity index (χ0v) is 12.2. The number of fused-ring (bicyclic) bond motifs is 1. The second-order valence-corrected chi connectivity index (χ2v) is 6.09. The molecule has 2 aromatic rings. The predicted octanol–water partition coefficient (Wildman–Crippen LogP) is 3.53. The molecule has 0 saturated heterocycles. The van der Waals surface area contributed by atoms with Gasteiger partial charge >= 0.3 is 0 Å². The molecule has 1 heterocycles. The summed E-state index contributed by atoms with van der Waals surface area (Å²) < 4.78 is 0. The van der Waals surface area contributed by atoms with E-state index in [0.717, 1.165) is 13.0 Å². The van der Waals surface area contributed by atoms with Gasteiger partial charge < -0.3 is 5.32 Å². The number of hydrogen-bond donors (Lipinski definition) is 1. The van der Waals surface area contributed by atoms with E-state index < -0.39 is 0 Å². The molecule has 1 N–H and O–H groups in total. The lowest BCUT2D eigenvalue weighted by Gasteiger charge is -2.16. The van der Waals surface area contributed by atoms with Crippen LogP contribution < -0.4 is 5.32 Å². The Kier molecular flexibility index (Phi) is 3.95. The number of likely N-dealkylation sites (N-methyl/N-ethyl adjacent to an activating group) is 1. The van der Waals surface area contributed by atoms with Crippen molar-refractivity contribution in [2.24, 2.45) is 0 Å². The van der Waals surface area contributed by atoms with Crippen molar-refractivity contribution in [3.05, 3.63) is 51.5 Å². The molecule has 2 nitrogen and oxygen atoms in total. The first-order chi connectivity index (χ1) is 9.36. The monoisotopic (exact) mass is 272 g/mol. The Morgan fingerprint density at radius 2 is 2.21 bits per heavy atom. The molecule has 0 amide bonds. The molecule has 1 aliphatic rings. The van der Waals surface area contributed by atoms with Crippen LogP contribution in [0.2, 0.25) is 0 Å². The fourth-order valence-electron chi connectivity index (χ4n) is 2.91. The van der Waals surface area contributed by atoms with E-state index in [2.05, 4.69) is 35.4 Å². The third kappa shape index (κ3) is 2.88. The Morgan fingerprint density at radius 3 is 3.00 bits per heavy atom. The van der Waals surface area contributed by atoms with Gasteiger partial charge in [0.2, 0.25) is 0 Å². The van der Waals surface area contributed by atoms with E-state index in [0.29, 0.717) is 6.04 Å². The first-order valence-corrected chi connectivity index (χ1v) is 7.97. The van der Waals surface area contributed by atoms with Crippen molar-refractivity contribution < 1.29 is 0 Å². The van der Waals surface area contributed by atoms with E-state index in [4.69, 9.17) is 0 Å². The maximum atomic E-state index is 4.20. The Hall–Kier alpha value is -1.19. The summed E-state index contributed by atoms with van der Waals surface area (Å²) in [5.41, 5.74) is 6.49. The Balaban J connectivity index is 1.78. The lowest BCUT2D eigenvalue weighted by Crippen LogP contribution is -2.22. The molecule has 0 radical (unpaired) electrons. The Morgan fingerprint density at radius 1 is 1.32 bits per heavy atom. The maximum absolute atomic E-state index is 4.20. The van der Waals surface area contributed by atoms with Gasteiger partial charge in [-0.15, -0.1) is 11.3 Å². The highest BCUT2D eigenvalue weighted by Gasteiger charge is 2.15. The molecule has 100 valence electrons. The summed E-state index contributed by atoms with van der Waals surface area (Å²) in [6.07, 6.45) is 6.90. The number of nitrogens with zero attached hydrogens (tertiary/aromatic N) is 1. The SMILES string of the molecule is CCNC(Cc1ccc2c(c1)CCC2)c1cncs1. The van der Waals surface area contributed by atoms with Crippen molar-refractivity contribution in [3.63, 3.8) is 0 Å². The molecule has 1 aliphatic carbocycles. The average Bonchev–Trinajstić information content (AvgIpc) is 3.09. The standard InChI is InChI=1S/C16H20N2S/c1-2-18-15(16-10-17-11-19-16)9-12-6-7-13-4-3-5-14(13)8-12/h6-8,10-11,15,18H,2-5,9H2,1H3. The van der Waals surface area contributed by atoms with E-state index in [-0.39, 0.29) is 0 Å². The molecule has 1 aromatic carbocycles. The molecule has 0 aliphatic heterocycles. The second-order valence-electron chi connectivity index (χ2n) is 5.17. The van der Waals surface area contributed by atoms with Gasteiger partial charge in [-0.3, -0.25) is 4.98 Å². The summed E-state index contributed by atoms with van der Waals surface area (Å²) in [5, 5.41) is 3.57. The van der Waals surface area contributed by atoms with Gasteiger partial charge in [-0.1, -0.05) is 25.1 Å². The van der Waals surface area contributed by atoms with Gasteiger partial charge in [0.15, 0.2) is 0 Å². The van der Waals surface area contributed by atoms with Gasteiger partial charge in [-0.05, 0) is 48.9 Å². The fraction of sp³-hybridized carbons (Fsp3) is 0.438. The van der Waals surface area contributed by atoms with Crippen LogP contribution in [0.4, 0.5) is 0 Å². The highest BCUT2D eigenvalue weighted by molar-refractivity contribution is 7.09. The van der Waals surface area contributed by atoms with E-state index in [1.807, 2.05) is 11.7 Å². The van der Waals surface area contributed by atoms with Crippen molar-refractivity contribution >= 4 is 11.3 Å². The summed E-state index contributed by atoms with van der Waals surface area (Å²) in [4.78, 5) is 5.54. The largest absolute Gasteiger partial charge is 0.309 e. The Labute approximate surface area is 118 Å². The van der Waals surface area contributed by atoms with Crippen LogP contribution in [0.1, 0.15) is 41.0 Å². The first kappa shape index (κ1) is 12.8. The van der Waals surface area contributed by atoms with Gasteiger partial charge in [0.05, 0.1) is 5.51 Å². The molecule has 1 atom stereocenters. The summed E-state index contributed by atoms with van der Waals surface area (Å²) >= 11 is 1.74. The first-order valence-electron chi connectivity index (χ1n) is 7.09. The Bertz CT molecular complexity index is 534. The smallest absolute Gasteiger partial charge is 0.0794 e. The van der Waals surface area contributed by atoms with Gasteiger partial charge in [-0.2, -0.15) is 0 Å². The summed E-state index contributed by atoms with van der Waals surface area (Å²) in [6.45, 7) is 3.16. The third-order valence-corrected chi connectivity index (χ3v) is 4.74. The highest BCUT2D eigenvalue weighted by Crippen LogP contribution is 2.26. The van der Waals surface area contributed by atoms with Crippen molar-refractivity contribution in [3.8, 4) is 0 Å². The number of rotatable bonds is 5. The van der Waals surface area contributed by atoms with Crippen LogP contribution in [0.25, 0.3) is 0 Å². The quantitative estimate of drug-likeness (QED) is 0.900. The zero-order valence-electron chi connectivity index (χ0n) is 11.4. The highest BCUT2D eigenvalue weighted by atomic mass is 32.1. The molecular weight excluding hydrogens is 252 g/mol. The minimum Gasteiger partial charge on any atom is -0.309 e. The van der Waals surface area contributed by atoms with Crippen LogP contribution in [0, 0.1) is 0 Å². The van der Waals surface area contributed by atoms with E-state index in [1.165, 1.54) is 29.7 Å². The average molecular weight is 272 g/mol. The van der Waals surface area contributed by atoms with Gasteiger partial charge in [0.1, 0.15) is 0 Å². The molecule has 1 unspecified atom stereocenters. The second kappa shape index (κ2) is 5.85. The summed E-state index contributed by atoms with van der Waals surface area (Å²) in [5.74, 6) is 0. The van der Waals surface area contributed by atoms with Gasteiger partial charge in [0, 0.05) is 17.1 Å². The molecule has 1 aromatic heterocycles. The van der Waals surface area contributed by atoms with Crippen molar-refractivity contribution in [2.75, 3.05) is 6.54 Å². The minimum absolute atomic E-state index is 0.400. The van der Waals surface area contributed by atoms with Crippen LogP contribution >= 0.6 is 11.3 Å². The molecule has 0 bridgehead atoms. The fourth-order valence-corrected chi connectivity index (χ4v) is 3.60. The summed E-state index contributed by atoms with van der Waals surface area (Å²) in [7, 11) is 0. The minimum atomic E-state index is 0.400. The van der Waals surface area contributed by atoms with E-state index in [1.54, 1.807) is 22.5 Å². The molecule has 0 spiro atoms. The van der Waals surface area contributed by atoms with Gasteiger partial charge in [-0.25, -0.2) is 0 Å². The number of aromatic nitrogens is 1. The normalized spacial score (nSPS) is 15.4. The van der Waals surface area contributed by atoms with Crippen LogP contribution in [0.15, 0.2) is 29.9 Å². The topological polar surface area (TPSA) is 24.9 Å². The predicted molar refractivity (Wildman–Crippen MR) is 80.7 cm³/mol. The number of benzene rings is 1. The van der Waals surface area contributed by atoms with Crippen LogP contribution in [0.5, 0.6) is 0 Å². The number of hydrogen-bond acceptors (Lipinski definition) is 3. The van der Waals surface area contributed by atoms with E-state index >= 15 is 0 Å². The lowest BCUT2D eigenvalue weighted by molar-refractivity contribution is 0.557. The van der Waals surface area contributed by atoms with Crippen molar-refractivity contribution in [2.45, 2.75) is 38.6 Å². The van der Waals surface area contributed by atoms with Crippen LogP contribution in [-0.4, -0.2) is 11.5 Å². The molecule has 19 heavy (non-hydrogen) atoms. The lowest BCUT2D eigenvalue weighted by atomic mass is 10.0. The third-order valence-electron chi connectivity index (χ3n) is 3.85. The maximum Gasteiger partial charge on any atom is 0.0794 e. The molecule has 3 rings (SSSR count). The van der Waals surface area contributed by atoms with Crippen molar-refractivity contribution in [1.29, 1.82) is 0 Å². The van der Waals surface area contributed by atoms with E-state index in [9.17, 15) is 0 Å². The number of nitrogens with one attached hydrogen (secondary N) is 1. The van der Waals surface area contributed by atoms with Crippen LogP contribution in [0.3, 0.4) is 0 Å². The zero-order chi connectivity index (χ0) is 13.1. The molecule has 3 heteroatoms. The van der Waals surface area contributed by atoms with Crippen molar-refractivity contribution in [1.82, 2.24) is 10.3 Å². The number of aryl methyl sites for hydroxylation is 2. The van der Waals surface area contributed by atoms with Crippen LogP contribution in [-0.2, 0) is 19.3 Å². The molecule has 0 fully saturated rings. The van der Waals surface area contributed by atoms with Gasteiger partial charge in [0.25, 0.3) is 0 Å². The molecular formula is C16H20N2S. The molecule has 0 saturated carbocycles. The summed E-state index contributed by atoms with van der Waals surface area (Å²) in [6, 6.07) is 7.44.